The van der Waals surface area contributed by atoms with Crippen LogP contribution in [0.15, 0.2) is 71.4 Å². The van der Waals surface area contributed by atoms with E-state index in [1.165, 1.54) is 0 Å². The Labute approximate surface area is 210 Å². The first-order valence-electron chi connectivity index (χ1n) is 12.1. The third kappa shape index (κ3) is 5.26. The number of benzene rings is 2. The maximum absolute atomic E-state index is 13.5. The maximum atomic E-state index is 13.5. The molecule has 2 aromatic carbocycles. The summed E-state index contributed by atoms with van der Waals surface area (Å²) in [5, 5.41) is 7.29. The zero-order valence-electron chi connectivity index (χ0n) is 19.9. The number of quaternary nitrogens is 1. The van der Waals surface area contributed by atoms with Gasteiger partial charge in [0.15, 0.2) is 12.1 Å². The summed E-state index contributed by atoms with van der Waals surface area (Å²) in [5.74, 6) is 1.00. The monoisotopic (exact) mass is 491 g/mol. The van der Waals surface area contributed by atoms with Crippen LogP contribution in [0.1, 0.15) is 34.8 Å². The van der Waals surface area contributed by atoms with Gasteiger partial charge in [0, 0.05) is 30.0 Å². The van der Waals surface area contributed by atoms with Crippen LogP contribution in [0.25, 0.3) is 0 Å². The highest BCUT2D eigenvalue weighted by Gasteiger charge is 2.49. The summed E-state index contributed by atoms with van der Waals surface area (Å²) in [6, 6.07) is 18.4. The van der Waals surface area contributed by atoms with Gasteiger partial charge in [0.2, 0.25) is 5.78 Å². The third-order valence-corrected chi connectivity index (χ3v) is 8.10. The van der Waals surface area contributed by atoms with Crippen molar-refractivity contribution < 1.29 is 23.5 Å². The summed E-state index contributed by atoms with van der Waals surface area (Å²) < 4.78 is 12.1. The number of Topliss-reactive ketones (excluding diaryl/α,β-unsaturated/α-hetero) is 1. The highest BCUT2D eigenvalue weighted by Crippen LogP contribution is 2.37. The number of carbonyl (C=O) groups is 2. The molecule has 35 heavy (non-hydrogen) atoms. The molecule has 3 fully saturated rings. The Morgan fingerprint density at radius 2 is 1.80 bits per heavy atom. The van der Waals surface area contributed by atoms with Crippen molar-refractivity contribution in [1.29, 1.82) is 0 Å². The van der Waals surface area contributed by atoms with Gasteiger partial charge in [-0.25, -0.2) is 4.79 Å². The maximum Gasteiger partial charge on any atom is 0.333 e. The average molecular weight is 492 g/mol. The molecule has 182 valence electrons. The number of piperidine rings is 3. The summed E-state index contributed by atoms with van der Waals surface area (Å²) in [4.78, 5) is 26.5. The molecule has 1 aromatic heterocycles. The fourth-order valence-corrected chi connectivity index (χ4v) is 6.07. The number of methoxy groups -OCH3 is 1. The van der Waals surface area contributed by atoms with E-state index in [-0.39, 0.29) is 17.9 Å². The highest BCUT2D eigenvalue weighted by molar-refractivity contribution is 7.08. The third-order valence-electron chi connectivity index (χ3n) is 7.40. The van der Waals surface area contributed by atoms with E-state index in [9.17, 15) is 9.59 Å². The Bertz CT molecular complexity index is 1140. The molecule has 0 unspecified atom stereocenters. The Hall–Kier alpha value is -3.16. The molecule has 4 heterocycles. The van der Waals surface area contributed by atoms with Crippen molar-refractivity contribution in [3.05, 3.63) is 82.6 Å². The van der Waals surface area contributed by atoms with Crippen LogP contribution in [0.5, 0.6) is 5.75 Å². The van der Waals surface area contributed by atoms with Crippen LogP contribution >= 0.6 is 11.3 Å². The number of thiophene rings is 1. The van der Waals surface area contributed by atoms with Gasteiger partial charge < -0.3 is 19.3 Å². The molecule has 0 radical (unpaired) electrons. The number of ketones is 1. The number of nitrogens with zero attached hydrogens (tertiary/aromatic N) is 1. The van der Waals surface area contributed by atoms with Gasteiger partial charge in [0.1, 0.15) is 18.8 Å². The molecule has 3 saturated heterocycles. The van der Waals surface area contributed by atoms with Crippen LogP contribution in [0.4, 0.5) is 5.69 Å². The SMILES string of the molecule is COc1ccc(N[C@@H](C(=O)O[C@H]2C[N+]3(CC(=O)c4ccccc4)CCC2CC3)c2ccsc2)cc1. The van der Waals surface area contributed by atoms with Gasteiger partial charge in [0.25, 0.3) is 0 Å². The zero-order valence-corrected chi connectivity index (χ0v) is 20.7. The largest absolute Gasteiger partial charge is 0.497 e. The Morgan fingerprint density at radius 1 is 1.06 bits per heavy atom. The van der Waals surface area contributed by atoms with E-state index in [1.807, 2.05) is 71.4 Å². The van der Waals surface area contributed by atoms with Crippen molar-refractivity contribution in [2.45, 2.75) is 25.0 Å². The highest BCUT2D eigenvalue weighted by atomic mass is 32.1. The summed E-state index contributed by atoms with van der Waals surface area (Å²) in [7, 11) is 1.63. The lowest BCUT2D eigenvalue weighted by atomic mass is 9.82. The van der Waals surface area contributed by atoms with E-state index >= 15 is 0 Å². The topological polar surface area (TPSA) is 64.6 Å². The Morgan fingerprint density at radius 3 is 2.46 bits per heavy atom. The summed E-state index contributed by atoms with van der Waals surface area (Å²) >= 11 is 1.56. The molecule has 2 bridgehead atoms. The number of nitrogens with one attached hydrogen (secondary N) is 1. The van der Waals surface area contributed by atoms with Crippen LogP contribution in [0, 0.1) is 5.92 Å². The van der Waals surface area contributed by atoms with Gasteiger partial charge in [0.05, 0.1) is 20.2 Å². The number of fused-ring (bicyclic) bond motifs is 3. The van der Waals surface area contributed by atoms with Crippen molar-refractivity contribution in [1.82, 2.24) is 0 Å². The van der Waals surface area contributed by atoms with Crippen LogP contribution in [0.3, 0.4) is 0 Å². The molecular weight excluding hydrogens is 460 g/mol. The van der Waals surface area contributed by atoms with Crippen molar-refractivity contribution in [3.63, 3.8) is 0 Å². The molecule has 1 N–H and O–H groups in total. The second-order valence-corrected chi connectivity index (χ2v) is 10.4. The van der Waals surface area contributed by atoms with Crippen molar-refractivity contribution >= 4 is 28.8 Å². The first-order chi connectivity index (χ1) is 17.0. The number of ether oxygens (including phenoxy) is 2. The Kier molecular flexibility index (Phi) is 6.88. The minimum atomic E-state index is -0.593. The number of carbonyl (C=O) groups excluding carboxylic acids is 2. The predicted molar refractivity (Wildman–Crippen MR) is 137 cm³/mol. The lowest BCUT2D eigenvalue weighted by Gasteiger charge is -2.51. The summed E-state index contributed by atoms with van der Waals surface area (Å²) in [6.45, 7) is 3.10. The normalized spacial score (nSPS) is 23.9. The molecule has 0 saturated carbocycles. The number of rotatable bonds is 9. The average Bonchev–Trinajstić information content (AvgIpc) is 3.43. The minimum absolute atomic E-state index is 0.161. The van der Waals surface area contributed by atoms with Crippen molar-refractivity contribution in [2.24, 2.45) is 5.92 Å². The second kappa shape index (κ2) is 10.2. The summed E-state index contributed by atoms with van der Waals surface area (Å²) in [6.07, 6.45) is 1.79. The molecule has 3 aromatic rings. The molecule has 7 heteroatoms. The summed E-state index contributed by atoms with van der Waals surface area (Å²) in [5.41, 5.74) is 2.47. The van der Waals surface area contributed by atoms with Crippen molar-refractivity contribution in [2.75, 3.05) is 38.6 Å². The number of anilines is 1. The first kappa shape index (κ1) is 23.6. The molecular formula is C28H31N2O4S+. The second-order valence-electron chi connectivity index (χ2n) is 9.59. The van der Waals surface area contributed by atoms with Gasteiger partial charge in [-0.3, -0.25) is 4.79 Å². The van der Waals surface area contributed by atoms with E-state index in [0.29, 0.717) is 23.5 Å². The molecule has 0 amide bonds. The standard InChI is InChI=1S/C28H31N2O4S/c1-33-24-9-7-23(8-10-24)29-27(22-13-16-35-19-22)28(32)34-26-18-30(14-11-21(26)12-15-30)17-25(31)20-5-3-2-4-6-20/h2-10,13,16,19,21,26-27,29H,11-12,14-15,17-18H2,1H3/q+1/t21?,26-,27+,30?/m0/s1. The quantitative estimate of drug-likeness (QED) is 0.261. The van der Waals surface area contributed by atoms with E-state index in [2.05, 4.69) is 5.32 Å². The van der Waals surface area contributed by atoms with Gasteiger partial charge in [-0.05, 0) is 46.7 Å². The minimum Gasteiger partial charge on any atom is -0.497 e. The van der Waals surface area contributed by atoms with E-state index in [4.69, 9.17) is 9.47 Å². The molecule has 0 spiro atoms. The number of esters is 1. The van der Waals surface area contributed by atoms with Crippen LogP contribution in [-0.4, -0.2) is 55.6 Å². The van der Waals surface area contributed by atoms with Crippen LogP contribution < -0.4 is 10.1 Å². The van der Waals surface area contributed by atoms with E-state index in [1.54, 1.807) is 18.4 Å². The molecule has 6 rings (SSSR count). The molecule has 6 nitrogen and oxygen atoms in total. The lowest BCUT2D eigenvalue weighted by molar-refractivity contribution is -0.938. The van der Waals surface area contributed by atoms with Crippen LogP contribution in [-0.2, 0) is 9.53 Å². The predicted octanol–water partition coefficient (Wildman–Crippen LogP) is 4.95. The zero-order chi connectivity index (χ0) is 24.3. The fourth-order valence-electron chi connectivity index (χ4n) is 5.39. The van der Waals surface area contributed by atoms with E-state index in [0.717, 1.165) is 48.5 Å². The Balaban J connectivity index is 1.29. The van der Waals surface area contributed by atoms with Gasteiger partial charge in [-0.1, -0.05) is 30.3 Å². The van der Waals surface area contributed by atoms with Crippen molar-refractivity contribution in [3.8, 4) is 5.75 Å². The fraction of sp³-hybridized carbons (Fsp3) is 0.357. The lowest BCUT2D eigenvalue weighted by Crippen LogP contribution is -2.65. The molecule has 0 aliphatic carbocycles. The molecule has 2 atom stereocenters. The molecule has 3 aliphatic heterocycles. The number of hydrogen-bond donors (Lipinski definition) is 1. The van der Waals surface area contributed by atoms with Gasteiger partial charge in [-0.2, -0.15) is 11.3 Å². The van der Waals surface area contributed by atoms with Crippen LogP contribution in [0.2, 0.25) is 0 Å². The van der Waals surface area contributed by atoms with Gasteiger partial charge >= 0.3 is 5.97 Å². The smallest absolute Gasteiger partial charge is 0.333 e. The number of hydrogen-bond acceptors (Lipinski definition) is 6. The first-order valence-corrected chi connectivity index (χ1v) is 13.1. The van der Waals surface area contributed by atoms with E-state index < -0.39 is 6.04 Å². The molecule has 3 aliphatic rings. The van der Waals surface area contributed by atoms with Gasteiger partial charge in [-0.15, -0.1) is 0 Å².